The number of amides is 1. The fourth-order valence-electron chi connectivity index (χ4n) is 4.08. The molecule has 0 atom stereocenters. The standard InChI is InChI=1S/C24H23F3N6O3/c1-35-20-6-16(7-21(36-2)22(20)23(34)29-12-24(25,26)27)32-13-30-18-5-14(3-4-19(18)32)15-8-31-33(11-15)17-9-28-10-17/h3-8,11,13,17,28H,9-10,12H2,1-2H3,(H,29,34). The van der Waals surface area contributed by atoms with Crippen LogP contribution in [-0.2, 0) is 0 Å². The molecule has 5 rings (SSSR count). The van der Waals surface area contributed by atoms with Crippen LogP contribution in [0.4, 0.5) is 13.2 Å². The van der Waals surface area contributed by atoms with E-state index in [0.717, 1.165) is 35.2 Å². The third kappa shape index (κ3) is 4.47. The summed E-state index contributed by atoms with van der Waals surface area (Å²) < 4.78 is 52.2. The molecule has 12 heteroatoms. The van der Waals surface area contributed by atoms with E-state index in [-0.39, 0.29) is 17.1 Å². The van der Waals surface area contributed by atoms with Crippen molar-refractivity contribution in [2.75, 3.05) is 33.9 Å². The number of nitrogens with zero attached hydrogens (tertiary/aromatic N) is 4. The van der Waals surface area contributed by atoms with E-state index >= 15 is 0 Å². The van der Waals surface area contributed by atoms with Gasteiger partial charge in [0.2, 0.25) is 0 Å². The molecule has 0 radical (unpaired) electrons. The van der Waals surface area contributed by atoms with Crippen molar-refractivity contribution in [2.45, 2.75) is 12.2 Å². The van der Waals surface area contributed by atoms with E-state index in [1.165, 1.54) is 14.2 Å². The van der Waals surface area contributed by atoms with Gasteiger partial charge in [-0.15, -0.1) is 0 Å². The van der Waals surface area contributed by atoms with E-state index in [1.807, 2.05) is 40.6 Å². The van der Waals surface area contributed by atoms with Gasteiger partial charge in [-0.2, -0.15) is 18.3 Å². The van der Waals surface area contributed by atoms with Crippen LogP contribution in [0.25, 0.3) is 27.8 Å². The Morgan fingerprint density at radius 2 is 1.86 bits per heavy atom. The summed E-state index contributed by atoms with van der Waals surface area (Å²) in [6, 6.07) is 9.31. The molecule has 0 spiro atoms. The van der Waals surface area contributed by atoms with E-state index in [9.17, 15) is 18.0 Å². The van der Waals surface area contributed by atoms with Gasteiger partial charge in [-0.3, -0.25) is 14.0 Å². The molecule has 1 saturated heterocycles. The van der Waals surface area contributed by atoms with E-state index in [0.29, 0.717) is 11.7 Å². The van der Waals surface area contributed by atoms with Gasteiger partial charge in [0.15, 0.2) is 0 Å². The molecule has 2 aromatic carbocycles. The van der Waals surface area contributed by atoms with Crippen molar-refractivity contribution >= 4 is 16.9 Å². The zero-order chi connectivity index (χ0) is 25.4. The number of carbonyl (C=O) groups is 1. The monoisotopic (exact) mass is 500 g/mol. The highest BCUT2D eigenvalue weighted by atomic mass is 19.4. The summed E-state index contributed by atoms with van der Waals surface area (Å²) >= 11 is 0. The smallest absolute Gasteiger partial charge is 0.405 e. The quantitative estimate of drug-likeness (QED) is 0.404. The molecule has 3 heterocycles. The highest BCUT2D eigenvalue weighted by Crippen LogP contribution is 2.34. The number of rotatable bonds is 7. The molecule has 9 nitrogen and oxygen atoms in total. The van der Waals surface area contributed by atoms with Crippen molar-refractivity contribution in [3.05, 3.63) is 54.6 Å². The van der Waals surface area contributed by atoms with Crippen molar-refractivity contribution < 1.29 is 27.4 Å². The van der Waals surface area contributed by atoms with Crippen LogP contribution in [0.3, 0.4) is 0 Å². The Morgan fingerprint density at radius 3 is 2.47 bits per heavy atom. The molecule has 0 saturated carbocycles. The minimum atomic E-state index is -4.54. The maximum atomic E-state index is 12.6. The molecule has 1 fully saturated rings. The van der Waals surface area contributed by atoms with Gasteiger partial charge in [-0.05, 0) is 17.7 Å². The number of hydrogen-bond donors (Lipinski definition) is 2. The van der Waals surface area contributed by atoms with Gasteiger partial charge in [0.25, 0.3) is 5.91 Å². The lowest BCUT2D eigenvalue weighted by Gasteiger charge is -2.27. The maximum absolute atomic E-state index is 12.6. The maximum Gasteiger partial charge on any atom is 0.405 e. The van der Waals surface area contributed by atoms with Crippen molar-refractivity contribution in [1.82, 2.24) is 30.0 Å². The number of halogens is 3. The highest BCUT2D eigenvalue weighted by Gasteiger charge is 2.30. The number of carbonyl (C=O) groups excluding carboxylic acids is 1. The van der Waals surface area contributed by atoms with Crippen LogP contribution in [0, 0.1) is 0 Å². The second kappa shape index (κ2) is 9.19. The lowest BCUT2D eigenvalue weighted by Crippen LogP contribution is -2.43. The molecule has 2 N–H and O–H groups in total. The Balaban J connectivity index is 1.48. The average molecular weight is 500 g/mol. The van der Waals surface area contributed by atoms with Crippen molar-refractivity contribution in [2.24, 2.45) is 0 Å². The third-order valence-corrected chi connectivity index (χ3v) is 6.06. The molecule has 0 aliphatic carbocycles. The van der Waals surface area contributed by atoms with Crippen LogP contribution in [-0.4, -0.2) is 65.3 Å². The summed E-state index contributed by atoms with van der Waals surface area (Å²) in [4.78, 5) is 17.0. The predicted molar refractivity (Wildman–Crippen MR) is 126 cm³/mol. The summed E-state index contributed by atoms with van der Waals surface area (Å²) in [5.41, 5.74) is 3.91. The Labute approximate surface area is 203 Å². The summed E-state index contributed by atoms with van der Waals surface area (Å²) in [5, 5.41) is 9.55. The first-order chi connectivity index (χ1) is 17.3. The van der Waals surface area contributed by atoms with Crippen molar-refractivity contribution in [3.63, 3.8) is 0 Å². The summed E-state index contributed by atoms with van der Waals surface area (Å²) in [6.07, 6.45) is 0.921. The number of aromatic nitrogens is 4. The lowest BCUT2D eigenvalue weighted by molar-refractivity contribution is -0.123. The SMILES string of the molecule is COc1cc(-n2cnc3cc(-c4cnn(C5CNC5)c4)ccc32)cc(OC)c1C(=O)NCC(F)(F)F. The lowest BCUT2D eigenvalue weighted by atomic mass is 10.1. The highest BCUT2D eigenvalue weighted by molar-refractivity contribution is 6.00. The van der Waals surface area contributed by atoms with E-state index < -0.39 is 18.6 Å². The first kappa shape index (κ1) is 23.7. The van der Waals surface area contributed by atoms with Gasteiger partial charge in [-0.1, -0.05) is 6.07 Å². The van der Waals surface area contributed by atoms with Crippen LogP contribution in [0.2, 0.25) is 0 Å². The second-order valence-corrected chi connectivity index (χ2v) is 8.36. The minimum Gasteiger partial charge on any atom is -0.496 e. The molecule has 2 aromatic heterocycles. The van der Waals surface area contributed by atoms with Crippen LogP contribution in [0.1, 0.15) is 16.4 Å². The average Bonchev–Trinajstić information content (AvgIpc) is 3.47. The molecule has 0 bridgehead atoms. The molecule has 4 aromatic rings. The van der Waals surface area contributed by atoms with Crippen molar-refractivity contribution in [3.8, 4) is 28.3 Å². The van der Waals surface area contributed by atoms with E-state index in [4.69, 9.17) is 9.47 Å². The van der Waals surface area contributed by atoms with Crippen LogP contribution in [0.5, 0.6) is 11.5 Å². The fourth-order valence-corrected chi connectivity index (χ4v) is 4.08. The second-order valence-electron chi connectivity index (χ2n) is 8.36. The van der Waals surface area contributed by atoms with Gasteiger partial charge < -0.3 is 20.1 Å². The predicted octanol–water partition coefficient (Wildman–Crippen LogP) is 3.34. The van der Waals surface area contributed by atoms with Gasteiger partial charge >= 0.3 is 6.18 Å². The first-order valence-corrected chi connectivity index (χ1v) is 11.1. The zero-order valence-corrected chi connectivity index (χ0v) is 19.5. The molecule has 188 valence electrons. The van der Waals surface area contributed by atoms with Gasteiger partial charge in [0.1, 0.15) is 29.9 Å². The topological polar surface area (TPSA) is 95.2 Å². The third-order valence-electron chi connectivity index (χ3n) is 6.06. The Morgan fingerprint density at radius 1 is 1.14 bits per heavy atom. The molecular formula is C24H23F3N6O3. The molecule has 1 amide bonds. The Hall–Kier alpha value is -4.06. The number of methoxy groups -OCH3 is 2. The number of fused-ring (bicyclic) bond motifs is 1. The Kier molecular flexibility index (Phi) is 6.04. The van der Waals surface area contributed by atoms with Crippen LogP contribution < -0.4 is 20.1 Å². The first-order valence-electron chi connectivity index (χ1n) is 11.1. The summed E-state index contributed by atoms with van der Waals surface area (Å²) in [5.74, 6) is -0.813. The number of benzene rings is 2. The van der Waals surface area contributed by atoms with Gasteiger partial charge in [0.05, 0.1) is 43.2 Å². The number of alkyl halides is 3. The summed E-state index contributed by atoms with van der Waals surface area (Å²) in [6.45, 7) is 0.339. The minimum absolute atomic E-state index is 0.0698. The molecule has 1 aliphatic heterocycles. The van der Waals surface area contributed by atoms with Gasteiger partial charge in [-0.25, -0.2) is 4.98 Å². The molecule has 1 aliphatic rings. The fraction of sp³-hybridized carbons (Fsp3) is 0.292. The number of ether oxygens (including phenoxy) is 2. The van der Waals surface area contributed by atoms with E-state index in [2.05, 4.69) is 15.4 Å². The number of hydrogen-bond acceptors (Lipinski definition) is 6. The van der Waals surface area contributed by atoms with Crippen LogP contribution >= 0.6 is 0 Å². The molecular weight excluding hydrogens is 477 g/mol. The van der Waals surface area contributed by atoms with Gasteiger partial charge in [0, 0.05) is 37.0 Å². The summed E-state index contributed by atoms with van der Waals surface area (Å²) in [7, 11) is 2.66. The molecule has 36 heavy (non-hydrogen) atoms. The molecule has 0 unspecified atom stereocenters. The normalized spacial score (nSPS) is 14.0. The zero-order valence-electron chi connectivity index (χ0n) is 19.5. The van der Waals surface area contributed by atoms with Crippen LogP contribution in [0.15, 0.2) is 49.1 Å². The van der Waals surface area contributed by atoms with E-state index in [1.54, 1.807) is 23.0 Å². The van der Waals surface area contributed by atoms with Crippen molar-refractivity contribution in [1.29, 1.82) is 0 Å². The number of imidazole rings is 1. The largest absolute Gasteiger partial charge is 0.496 e. The number of nitrogens with one attached hydrogen (secondary N) is 2. The Bertz CT molecular complexity index is 1400.